The third-order valence-electron chi connectivity index (χ3n) is 4.40. The molecule has 0 atom stereocenters. The van der Waals surface area contributed by atoms with Gasteiger partial charge in [-0.05, 0) is 41.4 Å². The monoisotopic (exact) mass is 471 g/mol. The molecule has 4 rings (SSSR count). The highest BCUT2D eigenvalue weighted by Gasteiger charge is 2.17. The molecule has 1 aromatic carbocycles. The van der Waals surface area contributed by atoms with E-state index in [4.69, 9.17) is 4.98 Å². The van der Waals surface area contributed by atoms with E-state index in [1.807, 2.05) is 30.5 Å². The summed E-state index contributed by atoms with van der Waals surface area (Å²) in [6.07, 6.45) is 7.23. The lowest BCUT2D eigenvalue weighted by Crippen LogP contribution is -2.28. The summed E-state index contributed by atoms with van der Waals surface area (Å²) in [5.74, 6) is 0.775. The van der Waals surface area contributed by atoms with Crippen LogP contribution in [0.25, 0.3) is 11.3 Å². The lowest BCUT2D eigenvalue weighted by molar-refractivity contribution is 0.101. The topological polar surface area (TPSA) is 46.1 Å². The van der Waals surface area contributed by atoms with Gasteiger partial charge < -0.3 is 4.90 Å². The maximum absolute atomic E-state index is 11.9. The molecule has 0 spiro atoms. The van der Waals surface area contributed by atoms with Crippen LogP contribution in [0.15, 0.2) is 67.6 Å². The van der Waals surface area contributed by atoms with Gasteiger partial charge in [-0.1, -0.05) is 42.1 Å². The van der Waals surface area contributed by atoms with Crippen LogP contribution in [0, 0.1) is 0 Å². The Hall–Kier alpha value is -1.96. The highest BCUT2D eigenvalue weighted by molar-refractivity contribution is 9.11. The zero-order valence-corrected chi connectivity index (χ0v) is 18.5. The number of benzene rings is 1. The Kier molecular flexibility index (Phi) is 5.94. The van der Waals surface area contributed by atoms with Crippen LogP contribution in [-0.4, -0.2) is 28.8 Å². The molecule has 1 aliphatic heterocycles. The van der Waals surface area contributed by atoms with Crippen molar-refractivity contribution in [2.75, 3.05) is 18.0 Å². The van der Waals surface area contributed by atoms with Gasteiger partial charge in [0.1, 0.15) is 0 Å². The number of halogens is 1. The molecule has 142 valence electrons. The highest BCUT2D eigenvalue weighted by Crippen LogP contribution is 2.38. The Morgan fingerprint density at radius 3 is 2.89 bits per heavy atom. The minimum atomic E-state index is 0.0493. The molecule has 0 fully saturated rings. The first-order chi connectivity index (χ1) is 13.6. The number of carbonyl (C=O) groups excluding carboxylic acids is 1. The average molecular weight is 472 g/mol. The Bertz CT molecular complexity index is 1050. The SMILES string of the molecule is CC(=O)c1cccc(-c2nc(N3CC=CCC3)ncc2Sc2csc(Br)c2)c1. The summed E-state index contributed by atoms with van der Waals surface area (Å²) >= 11 is 6.81. The van der Waals surface area contributed by atoms with Crippen LogP contribution in [0.1, 0.15) is 23.7 Å². The fraction of sp³-hybridized carbons (Fsp3) is 0.190. The molecule has 3 heterocycles. The molecule has 0 N–H and O–H groups in total. The largest absolute Gasteiger partial charge is 0.337 e. The number of thiophene rings is 1. The van der Waals surface area contributed by atoms with Crippen molar-refractivity contribution in [2.45, 2.75) is 23.1 Å². The fourth-order valence-corrected chi connectivity index (χ4v) is 5.36. The fourth-order valence-electron chi connectivity index (χ4n) is 2.98. The first-order valence-electron chi connectivity index (χ1n) is 8.90. The van der Waals surface area contributed by atoms with Gasteiger partial charge in [-0.15, -0.1) is 11.3 Å². The van der Waals surface area contributed by atoms with Crippen molar-refractivity contribution < 1.29 is 4.79 Å². The second-order valence-corrected chi connectivity index (χ2v) is 9.82. The zero-order chi connectivity index (χ0) is 19.5. The summed E-state index contributed by atoms with van der Waals surface area (Å²) in [5, 5.41) is 2.11. The van der Waals surface area contributed by atoms with E-state index in [9.17, 15) is 4.79 Å². The van der Waals surface area contributed by atoms with Gasteiger partial charge in [0.15, 0.2) is 5.78 Å². The average Bonchev–Trinajstić information content (AvgIpc) is 3.13. The van der Waals surface area contributed by atoms with Gasteiger partial charge in [-0.25, -0.2) is 9.97 Å². The second kappa shape index (κ2) is 8.59. The van der Waals surface area contributed by atoms with Gasteiger partial charge in [-0.2, -0.15) is 0 Å². The summed E-state index contributed by atoms with van der Waals surface area (Å²) in [5.41, 5.74) is 2.48. The molecule has 0 bridgehead atoms. The van der Waals surface area contributed by atoms with Crippen LogP contribution in [0.2, 0.25) is 0 Å². The molecule has 2 aromatic heterocycles. The Morgan fingerprint density at radius 1 is 1.29 bits per heavy atom. The molecule has 4 nitrogen and oxygen atoms in total. The van der Waals surface area contributed by atoms with E-state index in [0.717, 1.165) is 50.3 Å². The number of nitrogens with zero attached hydrogens (tertiary/aromatic N) is 3. The van der Waals surface area contributed by atoms with Crippen LogP contribution >= 0.6 is 39.0 Å². The molecular formula is C21H18BrN3OS2. The number of rotatable bonds is 5. The van der Waals surface area contributed by atoms with Gasteiger partial charge >= 0.3 is 0 Å². The Balaban J connectivity index is 1.77. The molecule has 7 heteroatoms. The third kappa shape index (κ3) is 4.37. The lowest BCUT2D eigenvalue weighted by atomic mass is 10.1. The Labute approximate surface area is 180 Å². The molecule has 0 saturated heterocycles. The van der Waals surface area contributed by atoms with Crippen molar-refractivity contribution in [1.29, 1.82) is 0 Å². The first kappa shape index (κ1) is 19.4. The smallest absolute Gasteiger partial charge is 0.226 e. The number of hydrogen-bond donors (Lipinski definition) is 0. The molecule has 0 unspecified atom stereocenters. The lowest BCUT2D eigenvalue weighted by Gasteiger charge is -2.24. The van der Waals surface area contributed by atoms with Gasteiger partial charge in [0, 0.05) is 40.7 Å². The van der Waals surface area contributed by atoms with E-state index >= 15 is 0 Å². The summed E-state index contributed by atoms with van der Waals surface area (Å²) in [4.78, 5) is 25.7. The summed E-state index contributed by atoms with van der Waals surface area (Å²) < 4.78 is 1.09. The minimum Gasteiger partial charge on any atom is -0.337 e. The zero-order valence-electron chi connectivity index (χ0n) is 15.3. The molecule has 28 heavy (non-hydrogen) atoms. The van der Waals surface area contributed by atoms with E-state index in [2.05, 4.69) is 49.4 Å². The number of anilines is 1. The van der Waals surface area contributed by atoms with Crippen molar-refractivity contribution in [3.05, 3.63) is 63.4 Å². The van der Waals surface area contributed by atoms with Crippen molar-refractivity contribution in [2.24, 2.45) is 0 Å². The normalized spacial score (nSPS) is 13.7. The maximum atomic E-state index is 11.9. The number of aromatic nitrogens is 2. The van der Waals surface area contributed by atoms with E-state index in [1.165, 1.54) is 0 Å². The second-order valence-electron chi connectivity index (χ2n) is 6.41. The number of hydrogen-bond acceptors (Lipinski definition) is 6. The van der Waals surface area contributed by atoms with E-state index in [1.54, 1.807) is 30.0 Å². The molecule has 0 radical (unpaired) electrons. The third-order valence-corrected chi connectivity index (χ3v) is 7.04. The van der Waals surface area contributed by atoms with Gasteiger partial charge in [-0.3, -0.25) is 4.79 Å². The first-order valence-corrected chi connectivity index (χ1v) is 11.4. The van der Waals surface area contributed by atoms with Crippen LogP contribution in [0.4, 0.5) is 5.95 Å². The van der Waals surface area contributed by atoms with E-state index in [-0.39, 0.29) is 5.78 Å². The quantitative estimate of drug-likeness (QED) is 0.332. The van der Waals surface area contributed by atoms with Gasteiger partial charge in [0.25, 0.3) is 0 Å². The minimum absolute atomic E-state index is 0.0493. The molecule has 0 saturated carbocycles. The summed E-state index contributed by atoms with van der Waals surface area (Å²) in [6.45, 7) is 3.31. The van der Waals surface area contributed by atoms with E-state index < -0.39 is 0 Å². The van der Waals surface area contributed by atoms with Crippen LogP contribution in [0.3, 0.4) is 0 Å². The highest BCUT2D eigenvalue weighted by atomic mass is 79.9. The van der Waals surface area contributed by atoms with Crippen molar-refractivity contribution in [3.63, 3.8) is 0 Å². The number of carbonyl (C=O) groups is 1. The standard InChI is InChI=1S/C21H18BrN3OS2/c1-14(26)15-6-5-7-16(10-15)20-18(28-17-11-19(22)27-13-17)12-23-21(24-20)25-8-3-2-4-9-25/h2-3,5-7,10-13H,4,8-9H2,1H3. The van der Waals surface area contributed by atoms with Crippen molar-refractivity contribution >= 4 is 50.8 Å². The van der Waals surface area contributed by atoms with E-state index in [0.29, 0.717) is 5.56 Å². The molecule has 0 aliphatic carbocycles. The summed E-state index contributed by atoms with van der Waals surface area (Å²) in [6, 6.07) is 9.76. The molecule has 0 amide bonds. The van der Waals surface area contributed by atoms with Crippen molar-refractivity contribution in [1.82, 2.24) is 9.97 Å². The Morgan fingerprint density at radius 2 is 2.18 bits per heavy atom. The van der Waals surface area contributed by atoms with Crippen molar-refractivity contribution in [3.8, 4) is 11.3 Å². The van der Waals surface area contributed by atoms with Gasteiger partial charge in [0.05, 0.1) is 14.4 Å². The number of Topliss-reactive ketones (excluding diaryl/α,β-unsaturated/α-hetero) is 1. The molecular weight excluding hydrogens is 454 g/mol. The van der Waals surface area contributed by atoms with Crippen LogP contribution in [-0.2, 0) is 0 Å². The molecule has 1 aliphatic rings. The van der Waals surface area contributed by atoms with Crippen LogP contribution in [0.5, 0.6) is 0 Å². The number of ketones is 1. The van der Waals surface area contributed by atoms with Crippen LogP contribution < -0.4 is 4.90 Å². The predicted octanol–water partition coefficient (Wildman–Crippen LogP) is 6.09. The predicted molar refractivity (Wildman–Crippen MR) is 120 cm³/mol. The maximum Gasteiger partial charge on any atom is 0.226 e. The molecule has 3 aromatic rings. The van der Waals surface area contributed by atoms with Gasteiger partial charge in [0.2, 0.25) is 5.95 Å². The summed E-state index contributed by atoms with van der Waals surface area (Å²) in [7, 11) is 0.